The molecule has 2 heterocycles. The number of halogens is 1. The smallest absolute Gasteiger partial charge is 0.141 e. The maximum Gasteiger partial charge on any atom is 0.141 e. The van der Waals surface area contributed by atoms with E-state index in [0.29, 0.717) is 0 Å². The monoisotopic (exact) mass is 262 g/mol. The van der Waals surface area contributed by atoms with Gasteiger partial charge in [0.1, 0.15) is 5.82 Å². The molecule has 19 heavy (non-hydrogen) atoms. The predicted octanol–water partition coefficient (Wildman–Crippen LogP) is 2.55. The molecule has 0 saturated carbocycles. The maximum absolute atomic E-state index is 12.9. The van der Waals surface area contributed by atoms with E-state index >= 15 is 0 Å². The van der Waals surface area contributed by atoms with Crippen molar-refractivity contribution in [2.24, 2.45) is 0 Å². The topological polar surface area (TPSA) is 42.7 Å². The first kappa shape index (κ1) is 13.7. The molecular weight excluding hydrogens is 243 g/mol. The Morgan fingerprint density at radius 3 is 2.84 bits per heavy atom. The fraction of sp³-hybridized carbons (Fsp3) is 0.429. The van der Waals surface area contributed by atoms with Gasteiger partial charge in [-0.1, -0.05) is 6.92 Å². The van der Waals surface area contributed by atoms with Crippen molar-refractivity contribution in [2.75, 3.05) is 0 Å². The van der Waals surface area contributed by atoms with Crippen LogP contribution in [0.4, 0.5) is 4.39 Å². The lowest BCUT2D eigenvalue weighted by Crippen LogP contribution is -2.34. The van der Waals surface area contributed by atoms with Crippen LogP contribution in [0.1, 0.15) is 32.0 Å². The van der Waals surface area contributed by atoms with Crippen molar-refractivity contribution in [1.82, 2.24) is 20.1 Å². The lowest BCUT2D eigenvalue weighted by Gasteiger charge is -2.22. The van der Waals surface area contributed by atoms with Crippen LogP contribution in [0.5, 0.6) is 0 Å². The Morgan fingerprint density at radius 1 is 1.42 bits per heavy atom. The molecule has 2 aromatic heterocycles. The van der Waals surface area contributed by atoms with Crippen molar-refractivity contribution in [1.29, 1.82) is 0 Å². The molecule has 0 aromatic carbocycles. The summed E-state index contributed by atoms with van der Waals surface area (Å²) < 4.78 is 14.8. The molecule has 102 valence electrons. The van der Waals surface area contributed by atoms with Crippen molar-refractivity contribution < 1.29 is 4.39 Å². The zero-order valence-corrected chi connectivity index (χ0v) is 11.3. The molecule has 0 aliphatic carbocycles. The van der Waals surface area contributed by atoms with E-state index in [1.807, 2.05) is 16.9 Å². The molecule has 0 fully saturated rings. The summed E-state index contributed by atoms with van der Waals surface area (Å²) in [6.45, 7) is 4.99. The molecule has 0 radical (unpaired) electrons. The van der Waals surface area contributed by atoms with Crippen molar-refractivity contribution in [3.05, 3.63) is 48.3 Å². The van der Waals surface area contributed by atoms with Gasteiger partial charge in [-0.05, 0) is 31.5 Å². The third-order valence-electron chi connectivity index (χ3n) is 3.02. The number of hydrogen-bond donors (Lipinski definition) is 1. The van der Waals surface area contributed by atoms with Gasteiger partial charge in [0.15, 0.2) is 0 Å². The first-order chi connectivity index (χ1) is 9.19. The molecule has 2 atom stereocenters. The van der Waals surface area contributed by atoms with Gasteiger partial charge in [0, 0.05) is 24.5 Å². The highest BCUT2D eigenvalue weighted by atomic mass is 19.1. The molecule has 0 saturated heterocycles. The summed E-state index contributed by atoms with van der Waals surface area (Å²) in [5.74, 6) is -0.303. The zero-order chi connectivity index (χ0) is 13.7. The molecule has 2 aromatic rings. The molecule has 0 bridgehead atoms. The summed E-state index contributed by atoms with van der Waals surface area (Å²) >= 11 is 0. The fourth-order valence-corrected chi connectivity index (χ4v) is 2.09. The van der Waals surface area contributed by atoms with Crippen LogP contribution in [-0.2, 0) is 6.54 Å². The van der Waals surface area contributed by atoms with E-state index in [1.54, 1.807) is 12.3 Å². The minimum Gasteiger partial charge on any atom is -0.304 e. The highest BCUT2D eigenvalue weighted by molar-refractivity contribution is 5.09. The highest BCUT2D eigenvalue weighted by Crippen LogP contribution is 2.15. The summed E-state index contributed by atoms with van der Waals surface area (Å²) in [6.07, 6.45) is 5.88. The molecule has 0 aliphatic heterocycles. The van der Waals surface area contributed by atoms with E-state index in [4.69, 9.17) is 0 Å². The number of aromatic nitrogens is 3. The Labute approximate surface area is 112 Å². The third-order valence-corrected chi connectivity index (χ3v) is 3.02. The third kappa shape index (κ3) is 3.86. The zero-order valence-electron chi connectivity index (χ0n) is 11.3. The predicted molar refractivity (Wildman–Crippen MR) is 72.1 cm³/mol. The molecule has 5 heteroatoms. The lowest BCUT2D eigenvalue weighted by molar-refractivity contribution is 0.388. The Balaban J connectivity index is 1.96. The van der Waals surface area contributed by atoms with Gasteiger partial charge >= 0.3 is 0 Å². The highest BCUT2D eigenvalue weighted by Gasteiger charge is 2.14. The largest absolute Gasteiger partial charge is 0.304 e. The van der Waals surface area contributed by atoms with E-state index in [9.17, 15) is 4.39 Å². The Kier molecular flexibility index (Phi) is 4.63. The summed E-state index contributed by atoms with van der Waals surface area (Å²) in [7, 11) is 0. The second-order valence-electron chi connectivity index (χ2n) is 4.66. The van der Waals surface area contributed by atoms with E-state index in [2.05, 4.69) is 29.2 Å². The molecule has 0 aliphatic rings. The normalized spacial score (nSPS) is 14.3. The number of nitrogens with zero attached hydrogens (tertiary/aromatic N) is 3. The van der Waals surface area contributed by atoms with E-state index in [0.717, 1.165) is 18.7 Å². The van der Waals surface area contributed by atoms with Crippen LogP contribution < -0.4 is 5.32 Å². The van der Waals surface area contributed by atoms with Crippen molar-refractivity contribution in [3.63, 3.8) is 0 Å². The van der Waals surface area contributed by atoms with Crippen molar-refractivity contribution >= 4 is 0 Å². The molecule has 1 N–H and O–H groups in total. The van der Waals surface area contributed by atoms with Gasteiger partial charge in [0.05, 0.1) is 18.4 Å². The van der Waals surface area contributed by atoms with Crippen LogP contribution >= 0.6 is 0 Å². The molecule has 2 rings (SSSR count). The summed E-state index contributed by atoms with van der Waals surface area (Å²) in [6, 6.07) is 5.48. The standard InChI is InChI=1S/C14H19FN4/c1-3-13(14-6-5-12(15)9-16-14)18-11(2)10-19-8-4-7-17-19/h4-9,11,13,18H,3,10H2,1-2H3. The van der Waals surface area contributed by atoms with Gasteiger partial charge < -0.3 is 5.32 Å². The number of hydrogen-bond acceptors (Lipinski definition) is 3. The minimum atomic E-state index is -0.303. The first-order valence-electron chi connectivity index (χ1n) is 6.54. The van der Waals surface area contributed by atoms with Crippen LogP contribution in [0.15, 0.2) is 36.8 Å². The average Bonchev–Trinajstić information content (AvgIpc) is 2.90. The fourth-order valence-electron chi connectivity index (χ4n) is 2.09. The Hall–Kier alpha value is -1.75. The Morgan fingerprint density at radius 2 is 2.26 bits per heavy atom. The number of pyridine rings is 1. The molecule has 0 amide bonds. The molecular formula is C14H19FN4. The van der Waals surface area contributed by atoms with Crippen LogP contribution in [0, 0.1) is 5.82 Å². The average molecular weight is 262 g/mol. The van der Waals surface area contributed by atoms with Crippen LogP contribution in [0.2, 0.25) is 0 Å². The van der Waals surface area contributed by atoms with Gasteiger partial charge in [-0.15, -0.1) is 0 Å². The van der Waals surface area contributed by atoms with E-state index < -0.39 is 0 Å². The maximum atomic E-state index is 12.9. The molecule has 2 unspecified atom stereocenters. The molecule has 0 spiro atoms. The van der Waals surface area contributed by atoms with Gasteiger partial charge in [-0.25, -0.2) is 4.39 Å². The van der Waals surface area contributed by atoms with Gasteiger partial charge in [-0.2, -0.15) is 5.10 Å². The van der Waals surface area contributed by atoms with Crippen LogP contribution in [-0.4, -0.2) is 20.8 Å². The van der Waals surface area contributed by atoms with E-state index in [-0.39, 0.29) is 17.9 Å². The minimum absolute atomic E-state index is 0.131. The van der Waals surface area contributed by atoms with Crippen molar-refractivity contribution in [3.8, 4) is 0 Å². The second kappa shape index (κ2) is 6.43. The van der Waals surface area contributed by atoms with Crippen LogP contribution in [0.3, 0.4) is 0 Å². The SMILES string of the molecule is CCC(NC(C)Cn1cccn1)c1ccc(F)cn1. The molecule has 4 nitrogen and oxygen atoms in total. The lowest BCUT2D eigenvalue weighted by atomic mass is 10.1. The van der Waals surface area contributed by atoms with Gasteiger partial charge in [-0.3, -0.25) is 9.67 Å². The number of nitrogens with one attached hydrogen (secondary N) is 1. The quantitative estimate of drug-likeness (QED) is 0.870. The van der Waals surface area contributed by atoms with Crippen LogP contribution in [0.25, 0.3) is 0 Å². The van der Waals surface area contributed by atoms with E-state index in [1.165, 1.54) is 12.3 Å². The summed E-state index contributed by atoms with van der Waals surface area (Å²) in [5.41, 5.74) is 0.871. The first-order valence-corrected chi connectivity index (χ1v) is 6.54. The van der Waals surface area contributed by atoms with Gasteiger partial charge in [0.2, 0.25) is 0 Å². The van der Waals surface area contributed by atoms with Crippen molar-refractivity contribution in [2.45, 2.75) is 38.9 Å². The Bertz CT molecular complexity index is 481. The van der Waals surface area contributed by atoms with Gasteiger partial charge in [0.25, 0.3) is 0 Å². The number of rotatable bonds is 6. The second-order valence-corrected chi connectivity index (χ2v) is 4.66. The summed E-state index contributed by atoms with van der Waals surface area (Å²) in [4.78, 5) is 4.14. The summed E-state index contributed by atoms with van der Waals surface area (Å²) in [5, 5.41) is 7.68.